The van der Waals surface area contributed by atoms with Crippen molar-refractivity contribution in [3.63, 3.8) is 0 Å². The maximum atomic E-state index is 13.2. The van der Waals surface area contributed by atoms with Crippen LogP contribution >= 0.6 is 11.3 Å². The average molecular weight is 247 g/mol. The summed E-state index contributed by atoms with van der Waals surface area (Å²) in [4.78, 5) is 0.465. The van der Waals surface area contributed by atoms with Gasteiger partial charge in [0.05, 0.1) is 4.88 Å². The highest BCUT2D eigenvalue weighted by Gasteiger charge is 2.27. The molecule has 0 N–H and O–H groups in total. The average Bonchev–Trinajstić information content (AvgIpc) is 2.49. The lowest BCUT2D eigenvalue weighted by molar-refractivity contribution is 0.561. The van der Waals surface area contributed by atoms with E-state index in [1.165, 1.54) is 17.4 Å². The van der Waals surface area contributed by atoms with E-state index in [9.17, 15) is 8.94 Å². The molecule has 1 atom stereocenters. The highest BCUT2D eigenvalue weighted by atomic mass is 32.2. The van der Waals surface area contributed by atoms with Crippen LogP contribution in [0.2, 0.25) is 0 Å². The number of hydrogen-bond acceptors (Lipinski definition) is 3. The van der Waals surface area contributed by atoms with Crippen LogP contribution in [0.15, 0.2) is 15.8 Å². The van der Waals surface area contributed by atoms with Crippen LogP contribution in [0.5, 0.6) is 0 Å². The topological polar surface area (TPSA) is 35.4 Å². The van der Waals surface area contributed by atoms with E-state index in [1.807, 2.05) is 20.8 Å². The number of halogens is 1. The Labute approximate surface area is 96.6 Å². The Kier molecular flexibility index (Phi) is 3.92. The third kappa shape index (κ3) is 3.29. The molecule has 1 heterocycles. The fourth-order valence-corrected chi connectivity index (χ4v) is 2.25. The van der Waals surface area contributed by atoms with Crippen molar-refractivity contribution in [2.75, 3.05) is 0 Å². The van der Waals surface area contributed by atoms with Gasteiger partial charge in [-0.1, -0.05) is 4.40 Å². The number of rotatable bonds is 2. The van der Waals surface area contributed by atoms with E-state index in [4.69, 9.17) is 0 Å². The van der Waals surface area contributed by atoms with Gasteiger partial charge in [0.15, 0.2) is 0 Å². The Hall–Kier alpha value is -0.390. The molecule has 0 unspecified atom stereocenters. The minimum Gasteiger partial charge on any atom is -0.591 e. The van der Waals surface area contributed by atoms with Crippen LogP contribution in [0.3, 0.4) is 0 Å². The number of thiophene rings is 1. The molecule has 1 aromatic rings. The summed E-state index contributed by atoms with van der Waals surface area (Å²) in [6, 6.07) is 1.39. The van der Waals surface area contributed by atoms with Crippen LogP contribution in [-0.2, 0) is 11.4 Å². The summed E-state index contributed by atoms with van der Waals surface area (Å²) < 4.78 is 28.5. The monoisotopic (exact) mass is 247 g/mol. The molecule has 0 spiro atoms. The van der Waals surface area contributed by atoms with Crippen molar-refractivity contribution in [2.24, 2.45) is 4.40 Å². The maximum absolute atomic E-state index is 13.2. The molecule has 0 bridgehead atoms. The zero-order chi connectivity index (χ0) is 11.6. The molecule has 15 heavy (non-hydrogen) atoms. The van der Waals surface area contributed by atoms with Crippen molar-refractivity contribution in [3.8, 4) is 0 Å². The van der Waals surface area contributed by atoms with Crippen LogP contribution in [0.1, 0.15) is 32.6 Å². The molecule has 0 aliphatic carbocycles. The van der Waals surface area contributed by atoms with E-state index in [1.54, 1.807) is 12.3 Å². The Morgan fingerprint density at radius 1 is 1.53 bits per heavy atom. The predicted molar refractivity (Wildman–Crippen MR) is 64.4 cm³/mol. The first-order valence-corrected chi connectivity index (χ1v) is 6.51. The summed E-state index contributed by atoms with van der Waals surface area (Å²) >= 11 is -0.0623. The largest absolute Gasteiger partial charge is 0.591 e. The van der Waals surface area contributed by atoms with Gasteiger partial charge in [0.2, 0.25) is 0 Å². The van der Waals surface area contributed by atoms with Gasteiger partial charge in [-0.05, 0) is 39.1 Å². The van der Waals surface area contributed by atoms with Gasteiger partial charge in [-0.15, -0.1) is 11.3 Å². The van der Waals surface area contributed by atoms with Crippen molar-refractivity contribution in [1.82, 2.24) is 0 Å². The third-order valence-electron chi connectivity index (χ3n) is 1.69. The molecule has 5 heteroatoms. The fourth-order valence-electron chi connectivity index (χ4n) is 0.855. The second kappa shape index (κ2) is 4.63. The van der Waals surface area contributed by atoms with Crippen LogP contribution in [-0.4, -0.2) is 15.0 Å². The van der Waals surface area contributed by atoms with E-state index < -0.39 is 16.1 Å². The van der Waals surface area contributed by atoms with Gasteiger partial charge in [-0.25, -0.2) is 4.39 Å². The Bertz CT molecular complexity index is 368. The minimum absolute atomic E-state index is 0.299. The van der Waals surface area contributed by atoms with Gasteiger partial charge in [0.25, 0.3) is 0 Å². The minimum atomic E-state index is -1.33. The van der Waals surface area contributed by atoms with Gasteiger partial charge in [0.1, 0.15) is 27.6 Å². The molecule has 0 radical (unpaired) electrons. The number of nitrogens with zero attached hydrogens (tertiary/aromatic N) is 1. The van der Waals surface area contributed by atoms with Gasteiger partial charge < -0.3 is 4.55 Å². The standard InChI is InChI=1S/C10H14FNOS2/c1-7(9-8(11)5-6-14-9)12-15(13)10(2,3)4/h5-6H,1-4H3/b12-7+/t15-/m1/s1. The molecule has 0 aliphatic rings. The van der Waals surface area contributed by atoms with E-state index >= 15 is 0 Å². The highest BCUT2D eigenvalue weighted by Crippen LogP contribution is 2.21. The van der Waals surface area contributed by atoms with Crippen LogP contribution in [0, 0.1) is 5.82 Å². The first kappa shape index (κ1) is 12.7. The fraction of sp³-hybridized carbons (Fsp3) is 0.500. The molecule has 0 aromatic carbocycles. The quantitative estimate of drug-likeness (QED) is 0.584. The van der Waals surface area contributed by atoms with Crippen molar-refractivity contribution in [1.29, 1.82) is 0 Å². The van der Waals surface area contributed by atoms with E-state index in [2.05, 4.69) is 4.40 Å². The smallest absolute Gasteiger partial charge is 0.144 e. The van der Waals surface area contributed by atoms with Gasteiger partial charge in [-0.2, -0.15) is 0 Å². The van der Waals surface area contributed by atoms with E-state index in [-0.39, 0.29) is 5.82 Å². The lowest BCUT2D eigenvalue weighted by atomic mass is 10.3. The third-order valence-corrected chi connectivity index (χ3v) is 4.18. The first-order chi connectivity index (χ1) is 6.82. The number of hydrogen-bond donors (Lipinski definition) is 0. The summed E-state index contributed by atoms with van der Waals surface area (Å²) in [5.41, 5.74) is 0.496. The summed E-state index contributed by atoms with van der Waals surface area (Å²) in [5.74, 6) is -0.299. The SMILES string of the molecule is C/C(=N\[S@+]([O-])C(C)(C)C)c1sccc1F. The Morgan fingerprint density at radius 3 is 2.53 bits per heavy atom. The van der Waals surface area contributed by atoms with Crippen molar-refractivity contribution in [2.45, 2.75) is 32.4 Å². The first-order valence-electron chi connectivity index (χ1n) is 4.53. The molecule has 2 nitrogen and oxygen atoms in total. The molecule has 1 rings (SSSR count). The lowest BCUT2D eigenvalue weighted by Crippen LogP contribution is -2.26. The molecule has 84 valence electrons. The van der Waals surface area contributed by atoms with Gasteiger partial charge in [0, 0.05) is 0 Å². The maximum Gasteiger partial charge on any atom is 0.144 e. The van der Waals surface area contributed by atoms with Crippen LogP contribution in [0.25, 0.3) is 0 Å². The Balaban J connectivity index is 2.90. The molecule has 0 aliphatic heterocycles. The van der Waals surface area contributed by atoms with Gasteiger partial charge >= 0.3 is 0 Å². The van der Waals surface area contributed by atoms with Crippen LogP contribution < -0.4 is 0 Å². The van der Waals surface area contributed by atoms with Crippen molar-refractivity contribution < 1.29 is 8.94 Å². The molecule has 0 saturated carbocycles. The van der Waals surface area contributed by atoms with Gasteiger partial charge in [-0.3, -0.25) is 0 Å². The molecular weight excluding hydrogens is 233 g/mol. The van der Waals surface area contributed by atoms with Crippen molar-refractivity contribution in [3.05, 3.63) is 22.1 Å². The second-order valence-corrected chi connectivity index (χ2v) is 6.96. The summed E-state index contributed by atoms with van der Waals surface area (Å²) in [6.07, 6.45) is 0. The zero-order valence-corrected chi connectivity index (χ0v) is 10.8. The second-order valence-electron chi connectivity index (χ2n) is 4.14. The van der Waals surface area contributed by atoms with E-state index in [0.29, 0.717) is 10.6 Å². The van der Waals surface area contributed by atoms with E-state index in [0.717, 1.165) is 0 Å². The molecule has 0 saturated heterocycles. The molecular formula is C10H14FNOS2. The molecule has 1 aromatic heterocycles. The zero-order valence-electron chi connectivity index (χ0n) is 9.20. The van der Waals surface area contributed by atoms with Crippen molar-refractivity contribution >= 4 is 28.4 Å². The molecule has 0 amide bonds. The summed E-state index contributed by atoms with van der Waals surface area (Å²) in [7, 11) is 0. The normalized spacial score (nSPS) is 15.5. The van der Waals surface area contributed by atoms with Crippen LogP contribution in [0.4, 0.5) is 4.39 Å². The Morgan fingerprint density at radius 2 is 2.13 bits per heavy atom. The summed E-state index contributed by atoms with van der Waals surface area (Å²) in [6.45, 7) is 7.19. The summed E-state index contributed by atoms with van der Waals surface area (Å²) in [5, 5.41) is 1.66. The molecule has 0 fully saturated rings. The highest BCUT2D eigenvalue weighted by molar-refractivity contribution is 7.91. The predicted octanol–water partition coefficient (Wildman–Crippen LogP) is 3.16. The lowest BCUT2D eigenvalue weighted by Gasteiger charge is -2.18.